The van der Waals surface area contributed by atoms with Crippen molar-refractivity contribution in [2.24, 2.45) is 0 Å². The lowest BCUT2D eigenvalue weighted by Gasteiger charge is -2.40. The second-order valence-corrected chi connectivity index (χ2v) is 16.1. The highest BCUT2D eigenvalue weighted by Gasteiger charge is 2.37. The number of imide groups is 1. The first-order valence-electron chi connectivity index (χ1n) is 21.5. The Morgan fingerprint density at radius 2 is 1.39 bits per heavy atom. The van der Waals surface area contributed by atoms with E-state index in [4.69, 9.17) is 23.7 Å². The topological polar surface area (TPSA) is 156 Å². The molecule has 0 radical (unpaired) electrons. The summed E-state index contributed by atoms with van der Waals surface area (Å²) in [7, 11) is 2.96. The van der Waals surface area contributed by atoms with E-state index in [9.17, 15) is 24.3 Å². The molecule has 64 heavy (non-hydrogen) atoms. The number of piperidine rings is 1. The summed E-state index contributed by atoms with van der Waals surface area (Å²) in [6.45, 7) is 2.26. The van der Waals surface area contributed by atoms with Crippen LogP contribution in [0.1, 0.15) is 67.0 Å². The van der Waals surface area contributed by atoms with Crippen LogP contribution in [0.2, 0.25) is 0 Å². The Labute approximate surface area is 372 Å². The minimum Gasteiger partial charge on any atom is -0.493 e. The molecule has 0 saturated carbocycles. The van der Waals surface area contributed by atoms with E-state index >= 15 is 0 Å². The third kappa shape index (κ3) is 9.98. The SMILES string of the molecule is COc1cc(C(=O)NC(Cc2ccccc2)C(O)CN(C(=O)CCN2C(=O)c3ccccc3C2=O)C2CCN(Cc3ccc4c(c3)OCO4)CC2)cc(OC)c1OCc1ccccc1. The molecule has 332 valence electrons. The first-order valence-corrected chi connectivity index (χ1v) is 21.5. The van der Waals surface area contributed by atoms with Crippen LogP contribution in [0, 0.1) is 0 Å². The quantitative estimate of drug-likeness (QED) is 0.101. The molecule has 2 atom stereocenters. The Bertz CT molecular complexity index is 2400. The van der Waals surface area contributed by atoms with Crippen LogP contribution in [0.4, 0.5) is 0 Å². The fourth-order valence-electron chi connectivity index (χ4n) is 8.55. The number of hydrogen-bond acceptors (Lipinski definition) is 11. The van der Waals surface area contributed by atoms with Crippen molar-refractivity contribution in [3.63, 3.8) is 0 Å². The summed E-state index contributed by atoms with van der Waals surface area (Å²) in [6.07, 6.45) is 0.125. The van der Waals surface area contributed by atoms with Gasteiger partial charge >= 0.3 is 0 Å². The van der Waals surface area contributed by atoms with Crippen LogP contribution >= 0.6 is 0 Å². The number of aliphatic hydroxyl groups is 1. The van der Waals surface area contributed by atoms with Gasteiger partial charge in [0.25, 0.3) is 17.7 Å². The molecular formula is C50H52N4O10. The Morgan fingerprint density at radius 1 is 0.781 bits per heavy atom. The third-order valence-electron chi connectivity index (χ3n) is 12.0. The predicted molar refractivity (Wildman–Crippen MR) is 237 cm³/mol. The summed E-state index contributed by atoms with van der Waals surface area (Å²) < 4.78 is 28.5. The molecule has 5 aromatic rings. The van der Waals surface area contributed by atoms with Crippen LogP contribution in [-0.4, -0.2) is 109 Å². The molecule has 1 saturated heterocycles. The van der Waals surface area contributed by atoms with E-state index in [0.717, 1.165) is 33.1 Å². The molecule has 5 aromatic carbocycles. The molecule has 3 aliphatic rings. The van der Waals surface area contributed by atoms with Gasteiger partial charge in [0.15, 0.2) is 23.0 Å². The maximum absolute atomic E-state index is 14.4. The van der Waals surface area contributed by atoms with Gasteiger partial charge < -0.3 is 39.0 Å². The van der Waals surface area contributed by atoms with E-state index in [1.54, 1.807) is 41.3 Å². The van der Waals surface area contributed by atoms with Gasteiger partial charge in [-0.05, 0) is 72.4 Å². The molecule has 14 nitrogen and oxygen atoms in total. The standard InChI is InChI=1S/C50H52N4O10/c1-60-44-27-36(28-45(61-2)47(44)62-31-34-13-7-4-8-14-34)48(57)51-40(25-33-11-5-3-6-12-33)41(55)30-54(46(56)21-24-53-49(58)38-15-9-10-16-39(38)50(53)59)37-19-22-52(23-20-37)29-35-17-18-42-43(26-35)64-32-63-42/h3-18,26-28,37,40-41,55H,19-25,29-32H2,1-2H3,(H,51,57). The summed E-state index contributed by atoms with van der Waals surface area (Å²) in [5.74, 6) is 0.681. The number of aliphatic hydroxyl groups excluding tert-OH is 1. The number of nitrogens with one attached hydrogen (secondary N) is 1. The van der Waals surface area contributed by atoms with Gasteiger partial charge in [-0.15, -0.1) is 0 Å². The van der Waals surface area contributed by atoms with Crippen molar-refractivity contribution in [2.75, 3.05) is 47.2 Å². The Hall–Kier alpha value is -6.90. The zero-order valence-corrected chi connectivity index (χ0v) is 35.9. The normalized spacial score (nSPS) is 15.6. The second kappa shape index (κ2) is 20.1. The highest BCUT2D eigenvalue weighted by Crippen LogP contribution is 2.39. The molecule has 3 aliphatic heterocycles. The van der Waals surface area contributed by atoms with Crippen molar-refractivity contribution in [2.45, 2.75) is 57.0 Å². The summed E-state index contributed by atoms with van der Waals surface area (Å²) in [5.41, 5.74) is 3.73. The van der Waals surface area contributed by atoms with Crippen molar-refractivity contribution in [1.82, 2.24) is 20.0 Å². The van der Waals surface area contributed by atoms with Crippen LogP contribution in [-0.2, 0) is 24.4 Å². The lowest BCUT2D eigenvalue weighted by atomic mass is 9.97. The molecule has 14 heteroatoms. The second-order valence-electron chi connectivity index (χ2n) is 16.1. The van der Waals surface area contributed by atoms with E-state index in [1.807, 2.05) is 78.9 Å². The molecule has 2 unspecified atom stereocenters. The van der Waals surface area contributed by atoms with Gasteiger partial charge in [-0.2, -0.15) is 0 Å². The van der Waals surface area contributed by atoms with Crippen molar-refractivity contribution >= 4 is 23.6 Å². The maximum Gasteiger partial charge on any atom is 0.261 e. The lowest BCUT2D eigenvalue weighted by molar-refractivity contribution is -0.136. The molecule has 0 aromatic heterocycles. The summed E-state index contributed by atoms with van der Waals surface area (Å²) in [5, 5.41) is 15.3. The van der Waals surface area contributed by atoms with E-state index in [-0.39, 0.29) is 56.8 Å². The van der Waals surface area contributed by atoms with Crippen LogP contribution in [0.15, 0.2) is 115 Å². The molecule has 3 heterocycles. The van der Waals surface area contributed by atoms with Gasteiger partial charge in [0.2, 0.25) is 18.4 Å². The number of fused-ring (bicyclic) bond motifs is 2. The molecule has 0 bridgehead atoms. The van der Waals surface area contributed by atoms with Gasteiger partial charge in [-0.1, -0.05) is 78.9 Å². The number of likely N-dealkylation sites (tertiary alicyclic amines) is 1. The van der Waals surface area contributed by atoms with Gasteiger partial charge in [0.05, 0.1) is 37.5 Å². The highest BCUT2D eigenvalue weighted by molar-refractivity contribution is 6.21. The molecule has 0 aliphatic carbocycles. The summed E-state index contributed by atoms with van der Waals surface area (Å²) in [4.78, 5) is 60.2. The maximum atomic E-state index is 14.4. The van der Waals surface area contributed by atoms with Crippen LogP contribution < -0.4 is 29.0 Å². The van der Waals surface area contributed by atoms with E-state index in [2.05, 4.69) is 10.2 Å². The zero-order chi connectivity index (χ0) is 44.6. The monoisotopic (exact) mass is 868 g/mol. The van der Waals surface area contributed by atoms with Gasteiger partial charge in [0, 0.05) is 50.7 Å². The third-order valence-corrected chi connectivity index (χ3v) is 12.0. The smallest absolute Gasteiger partial charge is 0.261 e. The fraction of sp³-hybridized carbons (Fsp3) is 0.320. The van der Waals surface area contributed by atoms with Crippen molar-refractivity contribution in [1.29, 1.82) is 0 Å². The number of amides is 4. The van der Waals surface area contributed by atoms with Crippen LogP contribution in [0.5, 0.6) is 28.7 Å². The Balaban J connectivity index is 1.01. The number of benzene rings is 5. The Morgan fingerprint density at radius 3 is 2.03 bits per heavy atom. The van der Waals surface area contributed by atoms with E-state index < -0.39 is 29.9 Å². The fourth-order valence-corrected chi connectivity index (χ4v) is 8.55. The van der Waals surface area contributed by atoms with Gasteiger partial charge in [-0.3, -0.25) is 29.0 Å². The predicted octanol–water partition coefficient (Wildman–Crippen LogP) is 5.89. The van der Waals surface area contributed by atoms with Gasteiger partial charge in [-0.25, -0.2) is 0 Å². The zero-order valence-electron chi connectivity index (χ0n) is 35.9. The first-order chi connectivity index (χ1) is 31.2. The summed E-state index contributed by atoms with van der Waals surface area (Å²) in [6, 6.07) is 33.7. The average Bonchev–Trinajstić information content (AvgIpc) is 3.90. The number of hydrogen-bond donors (Lipinski definition) is 2. The average molecular weight is 869 g/mol. The van der Waals surface area contributed by atoms with E-state index in [1.165, 1.54) is 14.2 Å². The minimum atomic E-state index is -1.23. The summed E-state index contributed by atoms with van der Waals surface area (Å²) >= 11 is 0. The molecule has 4 amide bonds. The van der Waals surface area contributed by atoms with Crippen molar-refractivity contribution in [3.05, 3.63) is 149 Å². The lowest BCUT2D eigenvalue weighted by Crippen LogP contribution is -2.55. The van der Waals surface area contributed by atoms with Crippen molar-refractivity contribution in [3.8, 4) is 28.7 Å². The molecule has 2 N–H and O–H groups in total. The van der Waals surface area contributed by atoms with Crippen molar-refractivity contribution < 1.29 is 48.0 Å². The number of ether oxygens (including phenoxy) is 5. The van der Waals surface area contributed by atoms with Gasteiger partial charge in [0.1, 0.15) is 6.61 Å². The molecule has 1 fully saturated rings. The Kier molecular flexibility index (Phi) is 13.7. The van der Waals surface area contributed by atoms with E-state index in [0.29, 0.717) is 60.9 Å². The molecule has 8 rings (SSSR count). The number of nitrogens with zero attached hydrogens (tertiary/aromatic N) is 3. The number of carbonyl (C=O) groups excluding carboxylic acids is 4. The van der Waals surface area contributed by atoms with Crippen LogP contribution in [0.25, 0.3) is 0 Å². The van der Waals surface area contributed by atoms with Crippen LogP contribution in [0.3, 0.4) is 0 Å². The first kappa shape index (κ1) is 43.7. The molecule has 0 spiro atoms. The minimum absolute atomic E-state index is 0.107. The molecular weight excluding hydrogens is 817 g/mol. The number of methoxy groups -OCH3 is 2. The highest BCUT2D eigenvalue weighted by atomic mass is 16.7. The largest absolute Gasteiger partial charge is 0.493 e. The number of carbonyl (C=O) groups is 4. The number of rotatable bonds is 18.